The first-order chi connectivity index (χ1) is 5.63. The van der Waals surface area contributed by atoms with Crippen LogP contribution in [-0.2, 0) is 9.53 Å². The highest BCUT2D eigenvalue weighted by Gasteiger charge is 2.07. The van der Waals surface area contributed by atoms with E-state index < -0.39 is 0 Å². The molecule has 0 aromatic rings. The van der Waals surface area contributed by atoms with Crippen molar-refractivity contribution in [1.29, 1.82) is 0 Å². The van der Waals surface area contributed by atoms with Gasteiger partial charge in [-0.25, -0.2) is 4.79 Å². The van der Waals surface area contributed by atoms with Gasteiger partial charge in [0.2, 0.25) is 0 Å². The molecule has 0 aromatic heterocycles. The third kappa shape index (κ3) is 3.53. The summed E-state index contributed by atoms with van der Waals surface area (Å²) in [6.07, 6.45) is 0.755. The number of carbonyl (C=O) groups is 1. The fourth-order valence-electron chi connectivity index (χ4n) is 0.818. The molecule has 70 valence electrons. The Bertz CT molecular complexity index is 185. The quantitative estimate of drug-likeness (QED) is 0.511. The summed E-state index contributed by atoms with van der Waals surface area (Å²) in [7, 11) is 0. The predicted molar refractivity (Wildman–Crippen MR) is 48.7 cm³/mol. The molecule has 0 saturated carbocycles. The Balaban J connectivity index is 4.22. The van der Waals surface area contributed by atoms with Crippen LogP contribution in [0.5, 0.6) is 0 Å². The van der Waals surface area contributed by atoms with Crippen molar-refractivity contribution in [3.63, 3.8) is 0 Å². The zero-order valence-corrected chi connectivity index (χ0v) is 8.02. The van der Waals surface area contributed by atoms with E-state index in [1.807, 2.05) is 6.92 Å². The van der Waals surface area contributed by atoms with E-state index >= 15 is 0 Å². The molecule has 0 aliphatic heterocycles. The fourth-order valence-corrected chi connectivity index (χ4v) is 0.818. The van der Waals surface area contributed by atoms with Crippen LogP contribution in [0, 0.1) is 0 Å². The predicted octanol–water partition coefficient (Wildman–Crippen LogP) is 1.23. The highest BCUT2D eigenvalue weighted by molar-refractivity contribution is 5.88. The Kier molecular flexibility index (Phi) is 5.37. The van der Waals surface area contributed by atoms with Crippen LogP contribution in [0.2, 0.25) is 0 Å². The first-order valence-corrected chi connectivity index (χ1v) is 4.17. The first kappa shape index (κ1) is 11.2. The van der Waals surface area contributed by atoms with Gasteiger partial charge in [0.15, 0.2) is 0 Å². The number of carbonyl (C=O) groups excluding carboxylic acids is 1. The highest BCUT2D eigenvalue weighted by atomic mass is 16.5. The number of rotatable bonds is 4. The number of ether oxygens (including phenoxy) is 1. The van der Waals surface area contributed by atoms with Gasteiger partial charge in [0.25, 0.3) is 0 Å². The van der Waals surface area contributed by atoms with Gasteiger partial charge in [-0.05, 0) is 33.7 Å². The fraction of sp³-hybridized carbons (Fsp3) is 0.667. The van der Waals surface area contributed by atoms with E-state index in [4.69, 9.17) is 10.5 Å². The van der Waals surface area contributed by atoms with Crippen molar-refractivity contribution in [3.05, 3.63) is 11.1 Å². The van der Waals surface area contributed by atoms with Crippen LogP contribution in [-0.4, -0.2) is 19.1 Å². The van der Waals surface area contributed by atoms with Crippen molar-refractivity contribution in [2.24, 2.45) is 5.73 Å². The van der Waals surface area contributed by atoms with E-state index in [2.05, 4.69) is 0 Å². The van der Waals surface area contributed by atoms with E-state index in [1.54, 1.807) is 13.8 Å². The standard InChI is InChI=1S/C9H17NO2/c1-4-12-9(11)8(3)7(2)5-6-10/h4-6,10H2,1-3H3. The molecule has 0 radical (unpaired) electrons. The summed E-state index contributed by atoms with van der Waals surface area (Å²) < 4.78 is 4.83. The zero-order chi connectivity index (χ0) is 9.56. The molecule has 0 unspecified atom stereocenters. The van der Waals surface area contributed by atoms with Gasteiger partial charge in [-0.3, -0.25) is 0 Å². The first-order valence-electron chi connectivity index (χ1n) is 4.17. The molecule has 0 aromatic carbocycles. The molecule has 0 aliphatic carbocycles. The topological polar surface area (TPSA) is 52.3 Å². The minimum Gasteiger partial charge on any atom is -0.463 e. The molecule has 2 N–H and O–H groups in total. The molecule has 0 fully saturated rings. The van der Waals surface area contributed by atoms with Crippen LogP contribution in [0.25, 0.3) is 0 Å². The molecule has 0 spiro atoms. The lowest BCUT2D eigenvalue weighted by Gasteiger charge is -2.05. The second kappa shape index (κ2) is 5.77. The van der Waals surface area contributed by atoms with Crippen molar-refractivity contribution in [3.8, 4) is 0 Å². The largest absolute Gasteiger partial charge is 0.463 e. The monoisotopic (exact) mass is 171 g/mol. The second-order valence-electron chi connectivity index (χ2n) is 2.66. The minimum atomic E-state index is -0.233. The van der Waals surface area contributed by atoms with Gasteiger partial charge in [0, 0.05) is 5.57 Å². The lowest BCUT2D eigenvalue weighted by Crippen LogP contribution is -2.09. The van der Waals surface area contributed by atoms with E-state index in [-0.39, 0.29) is 5.97 Å². The summed E-state index contributed by atoms with van der Waals surface area (Å²) in [5.41, 5.74) is 7.05. The molecular weight excluding hydrogens is 154 g/mol. The SMILES string of the molecule is CCOC(=O)C(C)=C(C)CCN. The minimum absolute atomic E-state index is 0.233. The van der Waals surface area contributed by atoms with Crippen LogP contribution in [0.15, 0.2) is 11.1 Å². The van der Waals surface area contributed by atoms with Crippen molar-refractivity contribution < 1.29 is 9.53 Å². The average molecular weight is 171 g/mol. The molecule has 0 aliphatic rings. The number of hydrogen-bond donors (Lipinski definition) is 1. The van der Waals surface area contributed by atoms with Crippen molar-refractivity contribution in [2.75, 3.05) is 13.2 Å². The Morgan fingerprint density at radius 1 is 1.42 bits per heavy atom. The van der Waals surface area contributed by atoms with Gasteiger partial charge in [0.05, 0.1) is 6.61 Å². The summed E-state index contributed by atoms with van der Waals surface area (Å²) >= 11 is 0. The summed E-state index contributed by atoms with van der Waals surface area (Å²) in [5.74, 6) is -0.233. The number of nitrogens with two attached hydrogens (primary N) is 1. The molecule has 0 heterocycles. The average Bonchev–Trinajstić information content (AvgIpc) is 2.04. The van der Waals surface area contributed by atoms with Crippen LogP contribution in [0.3, 0.4) is 0 Å². The van der Waals surface area contributed by atoms with Gasteiger partial charge in [-0.1, -0.05) is 5.57 Å². The Morgan fingerprint density at radius 2 is 2.00 bits per heavy atom. The summed E-state index contributed by atoms with van der Waals surface area (Å²) in [4.78, 5) is 11.1. The second-order valence-corrected chi connectivity index (χ2v) is 2.66. The lowest BCUT2D eigenvalue weighted by molar-refractivity contribution is -0.138. The van der Waals surface area contributed by atoms with E-state index in [0.29, 0.717) is 18.7 Å². The third-order valence-electron chi connectivity index (χ3n) is 1.74. The summed E-state index contributed by atoms with van der Waals surface area (Å²) in [6.45, 7) is 6.46. The van der Waals surface area contributed by atoms with E-state index in [0.717, 1.165) is 12.0 Å². The molecule has 0 amide bonds. The molecule has 0 saturated heterocycles. The van der Waals surface area contributed by atoms with Gasteiger partial charge in [-0.15, -0.1) is 0 Å². The van der Waals surface area contributed by atoms with Crippen LogP contribution in [0.1, 0.15) is 27.2 Å². The number of esters is 1. The maximum atomic E-state index is 11.1. The van der Waals surface area contributed by atoms with Gasteiger partial charge in [-0.2, -0.15) is 0 Å². The Hall–Kier alpha value is -0.830. The van der Waals surface area contributed by atoms with Crippen LogP contribution in [0.4, 0.5) is 0 Å². The molecule has 0 atom stereocenters. The van der Waals surface area contributed by atoms with E-state index in [1.165, 1.54) is 0 Å². The third-order valence-corrected chi connectivity index (χ3v) is 1.74. The normalized spacial score (nSPS) is 12.3. The smallest absolute Gasteiger partial charge is 0.333 e. The molecule has 0 rings (SSSR count). The van der Waals surface area contributed by atoms with Crippen molar-refractivity contribution in [1.82, 2.24) is 0 Å². The lowest BCUT2D eigenvalue weighted by atomic mass is 10.1. The van der Waals surface area contributed by atoms with E-state index in [9.17, 15) is 4.79 Å². The highest BCUT2D eigenvalue weighted by Crippen LogP contribution is 2.08. The van der Waals surface area contributed by atoms with Crippen LogP contribution >= 0.6 is 0 Å². The molecule has 3 heteroatoms. The van der Waals surface area contributed by atoms with Crippen molar-refractivity contribution in [2.45, 2.75) is 27.2 Å². The van der Waals surface area contributed by atoms with Crippen LogP contribution < -0.4 is 5.73 Å². The number of hydrogen-bond acceptors (Lipinski definition) is 3. The zero-order valence-electron chi connectivity index (χ0n) is 8.02. The molecule has 12 heavy (non-hydrogen) atoms. The van der Waals surface area contributed by atoms with Gasteiger partial charge >= 0.3 is 5.97 Å². The Labute approximate surface area is 73.6 Å². The molecule has 3 nitrogen and oxygen atoms in total. The van der Waals surface area contributed by atoms with Gasteiger partial charge < -0.3 is 10.5 Å². The maximum Gasteiger partial charge on any atom is 0.333 e. The Morgan fingerprint density at radius 3 is 2.42 bits per heavy atom. The molecular formula is C9H17NO2. The van der Waals surface area contributed by atoms with Gasteiger partial charge in [0.1, 0.15) is 0 Å². The summed E-state index contributed by atoms with van der Waals surface area (Å²) in [6, 6.07) is 0. The van der Waals surface area contributed by atoms with Crippen molar-refractivity contribution >= 4 is 5.97 Å². The maximum absolute atomic E-state index is 11.1. The molecule has 0 bridgehead atoms. The summed E-state index contributed by atoms with van der Waals surface area (Å²) in [5, 5.41) is 0.